The highest BCUT2D eigenvalue weighted by atomic mass is 19.4. The van der Waals surface area contributed by atoms with Crippen LogP contribution in [0.5, 0.6) is 17.2 Å². The number of benzene rings is 1. The van der Waals surface area contributed by atoms with Crippen LogP contribution in [0.25, 0.3) is 0 Å². The van der Waals surface area contributed by atoms with Gasteiger partial charge in [-0.1, -0.05) is 0 Å². The monoisotopic (exact) mass is 392 g/mol. The molecule has 0 aromatic heterocycles. The van der Waals surface area contributed by atoms with Gasteiger partial charge in [0.25, 0.3) is 0 Å². The second kappa shape index (κ2) is 5.52. The summed E-state index contributed by atoms with van der Waals surface area (Å²) in [5.41, 5.74) is 3.10. The van der Waals surface area contributed by atoms with Crippen LogP contribution in [0, 0.1) is 0 Å². The molecular formula is C10H6F10N2O3. The minimum atomic E-state index is -6.40. The van der Waals surface area contributed by atoms with Gasteiger partial charge in [-0.3, -0.25) is 0 Å². The molecule has 0 amide bonds. The largest absolute Gasteiger partial charge is 0.505 e. The van der Waals surface area contributed by atoms with Gasteiger partial charge in [-0.15, -0.1) is 0 Å². The summed E-state index contributed by atoms with van der Waals surface area (Å²) in [6.07, 6.45) is -18.8. The van der Waals surface area contributed by atoms with Crippen molar-refractivity contribution in [2.75, 3.05) is 11.5 Å². The fourth-order valence-electron chi connectivity index (χ4n) is 1.48. The second-order valence-corrected chi connectivity index (χ2v) is 4.42. The summed E-state index contributed by atoms with van der Waals surface area (Å²) in [6, 6.07) is 0. The molecule has 1 aromatic carbocycles. The standard InChI is InChI=1S/C10H6F10N2O3/c11-7(12,8(13,14)15)1-4(23)2(21)6(3(22)5(1)24)25-10(19,20)9(16,17)18/h23-24H,21-22H2. The zero-order chi connectivity index (χ0) is 20.2. The predicted molar refractivity (Wildman–Crippen MR) is 60.2 cm³/mol. The number of nitrogens with two attached hydrogens (primary N) is 2. The van der Waals surface area contributed by atoms with Crippen molar-refractivity contribution in [3.8, 4) is 17.2 Å². The van der Waals surface area contributed by atoms with Gasteiger partial charge in [-0.05, 0) is 0 Å². The van der Waals surface area contributed by atoms with Crippen molar-refractivity contribution in [3.63, 3.8) is 0 Å². The van der Waals surface area contributed by atoms with Crippen molar-refractivity contribution < 1.29 is 58.9 Å². The molecule has 1 aromatic rings. The summed E-state index contributed by atoms with van der Waals surface area (Å²) in [5.74, 6) is -12.7. The molecule has 0 saturated carbocycles. The number of phenols is 2. The Labute approximate surface area is 130 Å². The van der Waals surface area contributed by atoms with Gasteiger partial charge in [-0.25, -0.2) is 0 Å². The van der Waals surface area contributed by atoms with E-state index in [0.717, 1.165) is 0 Å². The van der Waals surface area contributed by atoms with Crippen LogP contribution in [0.4, 0.5) is 55.3 Å². The van der Waals surface area contributed by atoms with E-state index < -0.39 is 58.6 Å². The average Bonchev–Trinajstić information content (AvgIpc) is 2.39. The summed E-state index contributed by atoms with van der Waals surface area (Å²) in [5, 5.41) is 18.5. The summed E-state index contributed by atoms with van der Waals surface area (Å²) in [7, 11) is 0. The first-order valence-electron chi connectivity index (χ1n) is 5.57. The highest BCUT2D eigenvalue weighted by Crippen LogP contribution is 2.57. The van der Waals surface area contributed by atoms with Crippen LogP contribution in [-0.2, 0) is 5.92 Å². The molecule has 0 fully saturated rings. The molecule has 0 aliphatic heterocycles. The van der Waals surface area contributed by atoms with Gasteiger partial charge >= 0.3 is 24.4 Å². The third-order valence-corrected chi connectivity index (χ3v) is 2.70. The molecule has 5 nitrogen and oxygen atoms in total. The SMILES string of the molecule is Nc1c(O)c(C(F)(F)C(F)(F)F)c(O)c(N)c1OC(F)(F)C(F)(F)F. The lowest BCUT2D eigenvalue weighted by Crippen LogP contribution is -2.42. The minimum Gasteiger partial charge on any atom is -0.505 e. The summed E-state index contributed by atoms with van der Waals surface area (Å²) < 4.78 is 128. The molecule has 0 aliphatic rings. The Hall–Kier alpha value is -2.48. The normalized spacial score (nSPS) is 13.8. The van der Waals surface area contributed by atoms with E-state index in [1.54, 1.807) is 0 Å². The zero-order valence-electron chi connectivity index (χ0n) is 11.2. The molecule has 0 saturated heterocycles. The number of phenolic OH excluding ortho intramolecular Hbond substituents is 2. The highest BCUT2D eigenvalue weighted by Gasteiger charge is 2.64. The molecule has 0 bridgehead atoms. The number of aromatic hydroxyl groups is 2. The lowest BCUT2D eigenvalue weighted by atomic mass is 10.0. The number of alkyl halides is 10. The molecule has 0 aliphatic carbocycles. The van der Waals surface area contributed by atoms with Gasteiger partial charge in [-0.2, -0.15) is 43.9 Å². The van der Waals surface area contributed by atoms with Crippen LogP contribution in [-0.4, -0.2) is 28.7 Å². The molecule has 1 rings (SSSR count). The number of ether oxygens (including phenoxy) is 1. The first-order valence-corrected chi connectivity index (χ1v) is 5.57. The topological polar surface area (TPSA) is 102 Å². The predicted octanol–water partition coefficient (Wildman–Crippen LogP) is 3.45. The number of halogens is 10. The van der Waals surface area contributed by atoms with Crippen LogP contribution in [0.2, 0.25) is 0 Å². The fraction of sp³-hybridized carbons (Fsp3) is 0.400. The van der Waals surface area contributed by atoms with Crippen molar-refractivity contribution in [2.45, 2.75) is 24.4 Å². The summed E-state index contributed by atoms with van der Waals surface area (Å²) in [4.78, 5) is 0. The molecule has 0 radical (unpaired) electrons. The van der Waals surface area contributed by atoms with Gasteiger partial charge in [0.1, 0.15) is 16.9 Å². The molecule has 0 unspecified atom stereocenters. The minimum absolute atomic E-state index is 1.90. The Kier molecular flexibility index (Phi) is 4.54. The van der Waals surface area contributed by atoms with Gasteiger partial charge in [0, 0.05) is 0 Å². The van der Waals surface area contributed by atoms with Crippen molar-refractivity contribution in [1.29, 1.82) is 0 Å². The Balaban J connectivity index is 3.67. The zero-order valence-corrected chi connectivity index (χ0v) is 11.2. The Morgan fingerprint density at radius 1 is 0.680 bits per heavy atom. The van der Waals surface area contributed by atoms with Gasteiger partial charge in [0.2, 0.25) is 0 Å². The van der Waals surface area contributed by atoms with E-state index in [9.17, 15) is 54.1 Å². The van der Waals surface area contributed by atoms with Gasteiger partial charge in [0.05, 0.1) is 0 Å². The molecule has 25 heavy (non-hydrogen) atoms. The van der Waals surface area contributed by atoms with Crippen LogP contribution < -0.4 is 16.2 Å². The van der Waals surface area contributed by atoms with Crippen molar-refractivity contribution in [3.05, 3.63) is 5.56 Å². The first kappa shape index (κ1) is 20.6. The molecule has 0 atom stereocenters. The molecule has 0 heterocycles. The van der Waals surface area contributed by atoms with E-state index in [0.29, 0.717) is 0 Å². The lowest BCUT2D eigenvalue weighted by Gasteiger charge is -2.26. The molecule has 0 spiro atoms. The van der Waals surface area contributed by atoms with E-state index in [1.807, 2.05) is 0 Å². The van der Waals surface area contributed by atoms with E-state index in [-0.39, 0.29) is 0 Å². The number of hydrogen-bond acceptors (Lipinski definition) is 5. The maximum absolute atomic E-state index is 13.3. The summed E-state index contributed by atoms with van der Waals surface area (Å²) in [6.45, 7) is 0. The van der Waals surface area contributed by atoms with E-state index in [2.05, 4.69) is 4.74 Å². The Morgan fingerprint density at radius 2 is 1.04 bits per heavy atom. The molecule has 144 valence electrons. The third kappa shape index (κ3) is 3.21. The highest BCUT2D eigenvalue weighted by molar-refractivity contribution is 5.82. The maximum Gasteiger partial charge on any atom is 0.499 e. The number of hydrogen-bond donors (Lipinski definition) is 4. The molecule has 15 heteroatoms. The van der Waals surface area contributed by atoms with E-state index >= 15 is 0 Å². The van der Waals surface area contributed by atoms with Crippen molar-refractivity contribution in [2.24, 2.45) is 0 Å². The van der Waals surface area contributed by atoms with Crippen molar-refractivity contribution in [1.82, 2.24) is 0 Å². The third-order valence-electron chi connectivity index (χ3n) is 2.70. The van der Waals surface area contributed by atoms with Crippen LogP contribution >= 0.6 is 0 Å². The Morgan fingerprint density at radius 3 is 1.32 bits per heavy atom. The van der Waals surface area contributed by atoms with Crippen molar-refractivity contribution >= 4 is 11.4 Å². The quantitative estimate of drug-likeness (QED) is 0.273. The Bertz CT molecular complexity index is 654. The number of rotatable bonds is 3. The van der Waals surface area contributed by atoms with Crippen LogP contribution in [0.15, 0.2) is 0 Å². The van der Waals surface area contributed by atoms with Crippen LogP contribution in [0.1, 0.15) is 5.56 Å². The fourth-order valence-corrected chi connectivity index (χ4v) is 1.48. The molecular weight excluding hydrogens is 386 g/mol. The smallest absolute Gasteiger partial charge is 0.499 e. The average molecular weight is 392 g/mol. The van der Waals surface area contributed by atoms with Crippen LogP contribution in [0.3, 0.4) is 0 Å². The van der Waals surface area contributed by atoms with Gasteiger partial charge < -0.3 is 26.4 Å². The maximum atomic E-state index is 13.3. The summed E-state index contributed by atoms with van der Waals surface area (Å²) >= 11 is 0. The molecule has 6 N–H and O–H groups in total. The van der Waals surface area contributed by atoms with Gasteiger partial charge in [0.15, 0.2) is 17.2 Å². The van der Waals surface area contributed by atoms with E-state index in [1.165, 1.54) is 0 Å². The van der Waals surface area contributed by atoms with E-state index in [4.69, 9.17) is 11.5 Å². The number of nitrogen functional groups attached to an aromatic ring is 2. The second-order valence-electron chi connectivity index (χ2n) is 4.42. The number of anilines is 2. The first-order chi connectivity index (χ1) is 10.9. The lowest BCUT2D eigenvalue weighted by molar-refractivity contribution is -0.360.